The molecule has 0 fully saturated rings. The summed E-state index contributed by atoms with van der Waals surface area (Å²) in [5.41, 5.74) is 1.18. The van der Waals surface area contributed by atoms with Crippen LogP contribution in [0.1, 0.15) is 30.6 Å². The molecule has 0 radical (unpaired) electrons. The number of hydrogen-bond acceptors (Lipinski definition) is 4. The lowest BCUT2D eigenvalue weighted by atomic mass is 10.1. The van der Waals surface area contributed by atoms with Crippen molar-refractivity contribution in [2.24, 2.45) is 0 Å². The fourth-order valence-corrected chi connectivity index (χ4v) is 2.43. The second kappa shape index (κ2) is 8.53. The van der Waals surface area contributed by atoms with Crippen LogP contribution < -0.4 is 14.8 Å². The lowest BCUT2D eigenvalue weighted by Crippen LogP contribution is -2.30. The van der Waals surface area contributed by atoms with E-state index in [-0.39, 0.29) is 11.7 Å². The second-order valence-electron chi connectivity index (χ2n) is 5.40. The number of carbonyl (C=O) groups is 2. The van der Waals surface area contributed by atoms with Crippen LogP contribution in [0.3, 0.4) is 0 Å². The molecule has 0 saturated heterocycles. The normalized spacial score (nSPS) is 11.5. The van der Waals surface area contributed by atoms with E-state index >= 15 is 0 Å². The van der Waals surface area contributed by atoms with E-state index in [9.17, 15) is 9.59 Å². The summed E-state index contributed by atoms with van der Waals surface area (Å²) in [6, 6.07) is 11.7. The predicted octanol–water partition coefficient (Wildman–Crippen LogP) is 4.35. The lowest BCUT2D eigenvalue weighted by molar-refractivity contribution is -0.122. The topological polar surface area (TPSA) is 64.6 Å². The first-order chi connectivity index (χ1) is 11.9. The number of halogens is 1. The highest BCUT2D eigenvalue weighted by atomic mass is 35.5. The van der Waals surface area contributed by atoms with Gasteiger partial charge in [0.05, 0.1) is 12.1 Å². The Morgan fingerprint density at radius 2 is 1.84 bits per heavy atom. The van der Waals surface area contributed by atoms with Gasteiger partial charge in [-0.1, -0.05) is 18.5 Å². The zero-order chi connectivity index (χ0) is 18.4. The molecule has 2 rings (SSSR count). The Kier molecular flexibility index (Phi) is 6.42. The number of nitrogens with one attached hydrogen (secondary N) is 1. The Morgan fingerprint density at radius 1 is 1.16 bits per heavy atom. The van der Waals surface area contributed by atoms with Crippen LogP contribution in [0.15, 0.2) is 42.5 Å². The number of methoxy groups -OCH3 is 1. The van der Waals surface area contributed by atoms with Gasteiger partial charge in [0.25, 0.3) is 5.91 Å². The van der Waals surface area contributed by atoms with E-state index < -0.39 is 6.10 Å². The maximum Gasteiger partial charge on any atom is 0.265 e. The number of ether oxygens (including phenoxy) is 2. The molecule has 0 bridgehead atoms. The number of benzene rings is 2. The van der Waals surface area contributed by atoms with Gasteiger partial charge in [0.2, 0.25) is 0 Å². The van der Waals surface area contributed by atoms with E-state index in [4.69, 9.17) is 21.1 Å². The Morgan fingerprint density at radius 3 is 2.40 bits per heavy atom. The van der Waals surface area contributed by atoms with Crippen molar-refractivity contribution in [1.82, 2.24) is 0 Å². The summed E-state index contributed by atoms with van der Waals surface area (Å²) >= 11 is 6.04. The molecule has 0 aliphatic carbocycles. The molecule has 0 aliphatic rings. The molecule has 0 saturated carbocycles. The first-order valence-electron chi connectivity index (χ1n) is 7.89. The maximum atomic E-state index is 12.2. The Hall–Kier alpha value is -2.53. The van der Waals surface area contributed by atoms with Crippen LogP contribution in [0.5, 0.6) is 11.5 Å². The Bertz CT molecular complexity index is 759. The van der Waals surface area contributed by atoms with E-state index in [2.05, 4.69) is 5.32 Å². The smallest absolute Gasteiger partial charge is 0.265 e. The van der Waals surface area contributed by atoms with Crippen molar-refractivity contribution in [1.29, 1.82) is 0 Å². The minimum Gasteiger partial charge on any atom is -0.495 e. The molecule has 1 atom stereocenters. The van der Waals surface area contributed by atoms with Gasteiger partial charge < -0.3 is 14.8 Å². The predicted molar refractivity (Wildman–Crippen MR) is 97.8 cm³/mol. The maximum absolute atomic E-state index is 12.2. The third kappa shape index (κ3) is 4.97. The molecule has 2 aromatic rings. The first-order valence-corrected chi connectivity index (χ1v) is 8.26. The third-order valence-corrected chi connectivity index (χ3v) is 3.89. The van der Waals surface area contributed by atoms with Gasteiger partial charge in [-0.05, 0) is 49.4 Å². The fourth-order valence-electron chi connectivity index (χ4n) is 2.17. The van der Waals surface area contributed by atoms with Crippen LogP contribution in [0.4, 0.5) is 5.69 Å². The van der Waals surface area contributed by atoms with Crippen molar-refractivity contribution in [3.05, 3.63) is 53.1 Å². The zero-order valence-electron chi connectivity index (χ0n) is 14.3. The van der Waals surface area contributed by atoms with Crippen molar-refractivity contribution in [3.63, 3.8) is 0 Å². The van der Waals surface area contributed by atoms with Crippen LogP contribution >= 0.6 is 11.6 Å². The minimum atomic E-state index is -0.714. The SMILES string of the molecule is CCC(=O)c1ccc(O[C@H](C)C(=O)Nc2ccc(OC)c(Cl)c2)cc1. The largest absolute Gasteiger partial charge is 0.495 e. The quantitative estimate of drug-likeness (QED) is 0.745. The van der Waals surface area contributed by atoms with E-state index in [0.717, 1.165) is 0 Å². The van der Waals surface area contributed by atoms with E-state index in [1.165, 1.54) is 7.11 Å². The summed E-state index contributed by atoms with van der Waals surface area (Å²) in [7, 11) is 1.52. The van der Waals surface area contributed by atoms with E-state index in [1.54, 1.807) is 49.4 Å². The molecule has 0 aliphatic heterocycles. The average molecular weight is 362 g/mol. The average Bonchev–Trinajstić information content (AvgIpc) is 2.61. The molecule has 2 aromatic carbocycles. The molecule has 1 amide bonds. The molecule has 25 heavy (non-hydrogen) atoms. The van der Waals surface area contributed by atoms with E-state index in [1.807, 2.05) is 6.92 Å². The molecule has 132 valence electrons. The van der Waals surface area contributed by atoms with Gasteiger partial charge in [0.15, 0.2) is 11.9 Å². The molecule has 0 aromatic heterocycles. The standard InChI is InChI=1S/C19H20ClNO4/c1-4-17(22)13-5-8-15(9-6-13)25-12(2)19(23)21-14-7-10-18(24-3)16(20)11-14/h5-12H,4H2,1-3H3,(H,21,23)/t12-/m1/s1. The van der Waals surface area contributed by atoms with Gasteiger partial charge in [-0.25, -0.2) is 0 Å². The minimum absolute atomic E-state index is 0.0636. The second-order valence-corrected chi connectivity index (χ2v) is 5.81. The molecule has 0 heterocycles. The summed E-state index contributed by atoms with van der Waals surface area (Å²) < 4.78 is 10.7. The van der Waals surface area contributed by atoms with E-state index in [0.29, 0.717) is 34.2 Å². The number of rotatable bonds is 7. The Labute approximate surface area is 151 Å². The van der Waals surface area contributed by atoms with Crippen molar-refractivity contribution in [2.75, 3.05) is 12.4 Å². The van der Waals surface area contributed by atoms with Crippen LogP contribution in [0.25, 0.3) is 0 Å². The summed E-state index contributed by atoms with van der Waals surface area (Å²) in [6.07, 6.45) is -0.266. The van der Waals surface area contributed by atoms with Gasteiger partial charge >= 0.3 is 0 Å². The summed E-state index contributed by atoms with van der Waals surface area (Å²) in [4.78, 5) is 23.8. The molecule has 5 nitrogen and oxygen atoms in total. The van der Waals surface area contributed by atoms with Gasteiger partial charge in [-0.3, -0.25) is 9.59 Å². The molecule has 0 unspecified atom stereocenters. The van der Waals surface area contributed by atoms with Crippen LogP contribution in [-0.4, -0.2) is 24.9 Å². The van der Waals surface area contributed by atoms with Gasteiger partial charge in [-0.2, -0.15) is 0 Å². The fraction of sp³-hybridized carbons (Fsp3) is 0.263. The number of carbonyl (C=O) groups excluding carboxylic acids is 2. The van der Waals surface area contributed by atoms with Crippen LogP contribution in [0.2, 0.25) is 5.02 Å². The number of Topliss-reactive ketones (excluding diaryl/α,β-unsaturated/α-hetero) is 1. The molecule has 1 N–H and O–H groups in total. The zero-order valence-corrected chi connectivity index (χ0v) is 15.1. The van der Waals surface area contributed by atoms with Crippen molar-refractivity contribution < 1.29 is 19.1 Å². The van der Waals surface area contributed by atoms with Gasteiger partial charge in [0.1, 0.15) is 11.5 Å². The first kappa shape index (κ1) is 18.8. The van der Waals surface area contributed by atoms with Crippen molar-refractivity contribution in [3.8, 4) is 11.5 Å². The van der Waals surface area contributed by atoms with Crippen LogP contribution in [-0.2, 0) is 4.79 Å². The molecule has 6 heteroatoms. The number of ketones is 1. The third-order valence-electron chi connectivity index (χ3n) is 3.60. The highest BCUT2D eigenvalue weighted by Gasteiger charge is 2.16. The van der Waals surface area contributed by atoms with Gasteiger partial charge in [-0.15, -0.1) is 0 Å². The number of hydrogen-bond donors (Lipinski definition) is 1. The monoisotopic (exact) mass is 361 g/mol. The summed E-state index contributed by atoms with van der Waals surface area (Å²) in [5, 5.41) is 3.14. The number of amides is 1. The van der Waals surface area contributed by atoms with Gasteiger partial charge in [0, 0.05) is 17.7 Å². The highest BCUT2D eigenvalue weighted by molar-refractivity contribution is 6.32. The van der Waals surface area contributed by atoms with Crippen molar-refractivity contribution in [2.45, 2.75) is 26.4 Å². The molecule has 0 spiro atoms. The lowest BCUT2D eigenvalue weighted by Gasteiger charge is -2.15. The highest BCUT2D eigenvalue weighted by Crippen LogP contribution is 2.27. The summed E-state index contributed by atoms with van der Waals surface area (Å²) in [5.74, 6) is 0.803. The van der Waals surface area contributed by atoms with Crippen LogP contribution in [0, 0.1) is 0 Å². The molecular weight excluding hydrogens is 342 g/mol. The number of anilines is 1. The molecular formula is C19H20ClNO4. The summed E-state index contributed by atoms with van der Waals surface area (Å²) in [6.45, 7) is 3.45. The van der Waals surface area contributed by atoms with Crippen molar-refractivity contribution >= 4 is 29.0 Å². The Balaban J connectivity index is 1.98.